The van der Waals surface area contributed by atoms with E-state index in [0.717, 1.165) is 19.3 Å². The van der Waals surface area contributed by atoms with Crippen LogP contribution in [-0.2, 0) is 16.0 Å². The van der Waals surface area contributed by atoms with Crippen molar-refractivity contribution >= 4 is 11.7 Å². The number of rotatable bonds is 4. The highest BCUT2D eigenvalue weighted by atomic mass is 16.1. The van der Waals surface area contributed by atoms with Crippen molar-refractivity contribution < 1.29 is 9.59 Å². The highest BCUT2D eigenvalue weighted by molar-refractivity contribution is 5.80. The van der Waals surface area contributed by atoms with E-state index in [2.05, 4.69) is 30.4 Å². The van der Waals surface area contributed by atoms with Crippen molar-refractivity contribution in [3.63, 3.8) is 0 Å². The molecule has 0 bridgehead atoms. The van der Waals surface area contributed by atoms with Gasteiger partial charge in [0.1, 0.15) is 5.78 Å². The summed E-state index contributed by atoms with van der Waals surface area (Å²) in [6.45, 7) is 2.06. The molecule has 1 aliphatic rings. The summed E-state index contributed by atoms with van der Waals surface area (Å²) in [7, 11) is 0. The van der Waals surface area contributed by atoms with Crippen LogP contribution >= 0.6 is 0 Å². The molecule has 3 heteroatoms. The molecule has 0 radical (unpaired) electrons. The van der Waals surface area contributed by atoms with E-state index in [9.17, 15) is 9.59 Å². The zero-order valence-corrected chi connectivity index (χ0v) is 11.4. The van der Waals surface area contributed by atoms with Gasteiger partial charge in [0.15, 0.2) is 0 Å². The Morgan fingerprint density at radius 1 is 1.32 bits per heavy atom. The van der Waals surface area contributed by atoms with Crippen LogP contribution < -0.4 is 5.32 Å². The van der Waals surface area contributed by atoms with Gasteiger partial charge in [0, 0.05) is 25.3 Å². The van der Waals surface area contributed by atoms with Crippen molar-refractivity contribution in [2.45, 2.75) is 51.5 Å². The minimum atomic E-state index is 0.0980. The highest BCUT2D eigenvalue weighted by Gasteiger charge is 2.19. The van der Waals surface area contributed by atoms with Gasteiger partial charge in [0.05, 0.1) is 0 Å². The van der Waals surface area contributed by atoms with Crippen LogP contribution in [0.15, 0.2) is 24.3 Å². The first kappa shape index (κ1) is 13.8. The van der Waals surface area contributed by atoms with Crippen LogP contribution in [0.2, 0.25) is 0 Å². The molecule has 0 aromatic heterocycles. The molecule has 1 N–H and O–H groups in total. The monoisotopic (exact) mass is 259 g/mol. The second-order valence-electron chi connectivity index (χ2n) is 5.37. The predicted molar refractivity (Wildman–Crippen MR) is 74.9 cm³/mol. The van der Waals surface area contributed by atoms with E-state index in [1.54, 1.807) is 0 Å². The average Bonchev–Trinajstić information content (AvgIpc) is 2.39. The lowest BCUT2D eigenvalue weighted by Crippen LogP contribution is -2.37. The largest absolute Gasteiger partial charge is 0.353 e. The van der Waals surface area contributed by atoms with Gasteiger partial charge in [-0.2, -0.15) is 0 Å². The van der Waals surface area contributed by atoms with Gasteiger partial charge in [-0.25, -0.2) is 0 Å². The normalized spacial score (nSPS) is 16.4. The first-order valence-corrected chi connectivity index (χ1v) is 7.00. The molecule has 1 saturated carbocycles. The molecule has 0 spiro atoms. The average molecular weight is 259 g/mol. The lowest BCUT2D eigenvalue weighted by molar-refractivity contribution is -0.124. The number of carbonyl (C=O) groups excluding carboxylic acids is 2. The second-order valence-corrected chi connectivity index (χ2v) is 5.37. The second kappa shape index (κ2) is 6.50. The summed E-state index contributed by atoms with van der Waals surface area (Å²) in [4.78, 5) is 23.0. The van der Waals surface area contributed by atoms with Crippen molar-refractivity contribution in [2.75, 3.05) is 0 Å². The minimum Gasteiger partial charge on any atom is -0.353 e. The van der Waals surface area contributed by atoms with Crippen LogP contribution in [0.4, 0.5) is 0 Å². The standard InChI is InChI=1S/C16H21NO2/c1-12-3-2-4-13(11-12)5-10-16(19)17-14-6-8-15(18)9-7-14/h2-4,11,14H,5-10H2,1H3,(H,17,19). The van der Waals surface area contributed by atoms with Crippen LogP contribution in [0.3, 0.4) is 0 Å². The molecule has 3 nitrogen and oxygen atoms in total. The van der Waals surface area contributed by atoms with Crippen molar-refractivity contribution in [2.24, 2.45) is 0 Å². The molecular formula is C16H21NO2. The summed E-state index contributed by atoms with van der Waals surface area (Å²) in [6, 6.07) is 8.45. The van der Waals surface area contributed by atoms with E-state index >= 15 is 0 Å². The fourth-order valence-corrected chi connectivity index (χ4v) is 2.51. The highest BCUT2D eigenvalue weighted by Crippen LogP contribution is 2.15. The molecule has 2 rings (SSSR count). The molecule has 0 aliphatic heterocycles. The molecule has 102 valence electrons. The van der Waals surface area contributed by atoms with Crippen molar-refractivity contribution in [1.82, 2.24) is 5.32 Å². The number of hydrogen-bond acceptors (Lipinski definition) is 2. The fourth-order valence-electron chi connectivity index (χ4n) is 2.51. The third-order valence-electron chi connectivity index (χ3n) is 3.63. The molecule has 0 unspecified atom stereocenters. The summed E-state index contributed by atoms with van der Waals surface area (Å²) < 4.78 is 0. The van der Waals surface area contributed by atoms with Crippen molar-refractivity contribution in [3.8, 4) is 0 Å². The molecule has 1 aromatic rings. The van der Waals surface area contributed by atoms with Gasteiger partial charge >= 0.3 is 0 Å². The number of benzene rings is 1. The fraction of sp³-hybridized carbons (Fsp3) is 0.500. The number of carbonyl (C=O) groups is 2. The van der Waals surface area contributed by atoms with Crippen LogP contribution in [-0.4, -0.2) is 17.7 Å². The summed E-state index contributed by atoms with van der Waals surface area (Å²) >= 11 is 0. The Labute approximate surface area is 114 Å². The Hall–Kier alpha value is -1.64. The van der Waals surface area contributed by atoms with Gasteiger partial charge in [-0.05, 0) is 31.7 Å². The van der Waals surface area contributed by atoms with Crippen LogP contribution in [0.5, 0.6) is 0 Å². The number of Topliss-reactive ketones (excluding diaryl/α,β-unsaturated/α-hetero) is 1. The van der Waals surface area contributed by atoms with Gasteiger partial charge in [-0.3, -0.25) is 9.59 Å². The van der Waals surface area contributed by atoms with Gasteiger partial charge in [-0.1, -0.05) is 29.8 Å². The first-order chi connectivity index (χ1) is 9.13. The number of ketones is 1. The maximum Gasteiger partial charge on any atom is 0.220 e. The molecule has 0 atom stereocenters. The number of amides is 1. The maximum absolute atomic E-state index is 11.9. The first-order valence-electron chi connectivity index (χ1n) is 7.00. The Morgan fingerprint density at radius 3 is 2.74 bits per heavy atom. The number of hydrogen-bond donors (Lipinski definition) is 1. The topological polar surface area (TPSA) is 46.2 Å². The molecule has 1 aromatic carbocycles. The van der Waals surface area contributed by atoms with Gasteiger partial charge in [0.2, 0.25) is 5.91 Å². The maximum atomic E-state index is 11.9. The van der Waals surface area contributed by atoms with E-state index < -0.39 is 0 Å². The summed E-state index contributed by atoms with van der Waals surface area (Å²) in [5.41, 5.74) is 2.43. The van der Waals surface area contributed by atoms with Gasteiger partial charge in [0.25, 0.3) is 0 Å². The summed E-state index contributed by atoms with van der Waals surface area (Å²) in [5, 5.41) is 3.03. The van der Waals surface area contributed by atoms with E-state index in [1.165, 1.54) is 11.1 Å². The van der Waals surface area contributed by atoms with Crippen LogP contribution in [0, 0.1) is 6.92 Å². The smallest absolute Gasteiger partial charge is 0.220 e. The Bertz CT molecular complexity index is 458. The van der Waals surface area contributed by atoms with Gasteiger partial charge < -0.3 is 5.32 Å². The molecule has 19 heavy (non-hydrogen) atoms. The lowest BCUT2D eigenvalue weighted by Gasteiger charge is -2.22. The number of aryl methyl sites for hydroxylation is 2. The van der Waals surface area contributed by atoms with E-state index in [1.807, 2.05) is 6.07 Å². The van der Waals surface area contributed by atoms with Crippen LogP contribution in [0.25, 0.3) is 0 Å². The zero-order valence-electron chi connectivity index (χ0n) is 11.4. The quantitative estimate of drug-likeness (QED) is 0.903. The van der Waals surface area contributed by atoms with E-state index in [-0.39, 0.29) is 11.9 Å². The van der Waals surface area contributed by atoms with Gasteiger partial charge in [-0.15, -0.1) is 0 Å². The third-order valence-corrected chi connectivity index (χ3v) is 3.63. The summed E-state index contributed by atoms with van der Waals surface area (Å²) in [5.74, 6) is 0.422. The Balaban J connectivity index is 1.74. The predicted octanol–water partition coefficient (Wildman–Crippen LogP) is 2.56. The Kier molecular flexibility index (Phi) is 4.72. The summed E-state index contributed by atoms with van der Waals surface area (Å²) in [6.07, 6.45) is 4.13. The zero-order chi connectivity index (χ0) is 13.7. The van der Waals surface area contributed by atoms with Crippen LogP contribution in [0.1, 0.15) is 43.2 Å². The lowest BCUT2D eigenvalue weighted by atomic mass is 9.94. The molecule has 0 heterocycles. The van der Waals surface area contributed by atoms with E-state index in [0.29, 0.717) is 25.0 Å². The number of nitrogens with one attached hydrogen (secondary N) is 1. The third kappa shape index (κ3) is 4.51. The Morgan fingerprint density at radius 2 is 2.05 bits per heavy atom. The molecule has 0 saturated heterocycles. The minimum absolute atomic E-state index is 0.0980. The molecule has 1 fully saturated rings. The van der Waals surface area contributed by atoms with E-state index in [4.69, 9.17) is 0 Å². The molecule has 1 aliphatic carbocycles. The van der Waals surface area contributed by atoms with Crippen molar-refractivity contribution in [3.05, 3.63) is 35.4 Å². The van der Waals surface area contributed by atoms with Crippen molar-refractivity contribution in [1.29, 1.82) is 0 Å². The SMILES string of the molecule is Cc1cccc(CCC(=O)NC2CCC(=O)CC2)c1. The molecular weight excluding hydrogens is 238 g/mol. The molecule has 1 amide bonds.